The van der Waals surface area contributed by atoms with Crippen LogP contribution in [0.5, 0.6) is 0 Å². The van der Waals surface area contributed by atoms with Crippen molar-refractivity contribution in [3.8, 4) is 0 Å². The molecule has 94 valence electrons. The second-order valence-electron chi connectivity index (χ2n) is 6.88. The van der Waals surface area contributed by atoms with Crippen molar-refractivity contribution in [3.63, 3.8) is 0 Å². The predicted octanol–water partition coefficient (Wildman–Crippen LogP) is 5.27. The minimum Gasteiger partial charge on any atom is -0.155 e. The first-order valence-electron chi connectivity index (χ1n) is 7.21. The van der Waals surface area contributed by atoms with E-state index >= 15 is 0 Å². The van der Waals surface area contributed by atoms with Crippen LogP contribution in [-0.2, 0) is 0 Å². The van der Waals surface area contributed by atoms with Gasteiger partial charge < -0.3 is 0 Å². The van der Waals surface area contributed by atoms with Gasteiger partial charge >= 0.3 is 0 Å². The lowest BCUT2D eigenvalue weighted by molar-refractivity contribution is 0.182. The third-order valence-corrected chi connectivity index (χ3v) is 6.30. The predicted molar refractivity (Wildman–Crippen MR) is 75.0 cm³/mol. The fourth-order valence-electron chi connectivity index (χ4n) is 3.36. The van der Waals surface area contributed by atoms with Crippen LogP contribution in [0.2, 0.25) is 0 Å². The smallest absolute Gasteiger partial charge is 0.00500 e. The molecule has 0 aromatic rings. The maximum atomic E-state index is 2.42. The summed E-state index contributed by atoms with van der Waals surface area (Å²) in [4.78, 5) is 0. The van der Waals surface area contributed by atoms with Crippen LogP contribution in [0.15, 0.2) is 0 Å². The summed E-state index contributed by atoms with van der Waals surface area (Å²) in [5.74, 6) is 0.980. The van der Waals surface area contributed by atoms with Crippen LogP contribution in [-0.4, -0.2) is 10.5 Å². The lowest BCUT2D eigenvalue weighted by Crippen LogP contribution is -2.27. The van der Waals surface area contributed by atoms with Crippen molar-refractivity contribution in [1.82, 2.24) is 0 Å². The van der Waals surface area contributed by atoms with Gasteiger partial charge in [-0.2, -0.15) is 11.8 Å². The quantitative estimate of drug-likeness (QED) is 0.634. The molecule has 0 bridgehead atoms. The summed E-state index contributed by atoms with van der Waals surface area (Å²) in [6, 6.07) is 0. The minimum absolute atomic E-state index is 0.545. The zero-order chi connectivity index (χ0) is 11.6. The first-order chi connectivity index (χ1) is 7.55. The molecular weight excluding hydrogens is 212 g/mol. The molecule has 0 aliphatic heterocycles. The molecule has 2 rings (SSSR count). The third-order valence-electron chi connectivity index (χ3n) is 4.59. The van der Waals surface area contributed by atoms with Crippen LogP contribution in [0, 0.1) is 11.3 Å². The van der Waals surface area contributed by atoms with Crippen molar-refractivity contribution in [3.05, 3.63) is 0 Å². The number of hydrogen-bond donors (Lipinski definition) is 0. The van der Waals surface area contributed by atoms with Gasteiger partial charge in [0.15, 0.2) is 0 Å². The SMILES string of the molecule is CC(C)(C)C1CCC(SC2CCCC2)CC1. The second kappa shape index (κ2) is 5.33. The molecule has 0 radical (unpaired) electrons. The Hall–Kier alpha value is 0.350. The molecule has 0 aromatic carbocycles. The molecule has 0 spiro atoms. The molecule has 2 saturated carbocycles. The Morgan fingerprint density at radius 3 is 1.75 bits per heavy atom. The Bertz CT molecular complexity index is 202. The zero-order valence-electron chi connectivity index (χ0n) is 11.3. The van der Waals surface area contributed by atoms with Crippen LogP contribution in [0.4, 0.5) is 0 Å². The molecule has 2 aliphatic carbocycles. The van der Waals surface area contributed by atoms with Gasteiger partial charge in [0, 0.05) is 10.5 Å². The molecular formula is C15H28S. The summed E-state index contributed by atoms with van der Waals surface area (Å²) in [7, 11) is 0. The van der Waals surface area contributed by atoms with E-state index in [0.29, 0.717) is 5.41 Å². The molecule has 0 atom stereocenters. The Kier molecular flexibility index (Phi) is 4.26. The molecule has 0 N–H and O–H groups in total. The monoisotopic (exact) mass is 240 g/mol. The fraction of sp³-hybridized carbons (Fsp3) is 1.00. The van der Waals surface area contributed by atoms with Crippen LogP contribution < -0.4 is 0 Å². The summed E-state index contributed by atoms with van der Waals surface area (Å²) >= 11 is 2.34. The van der Waals surface area contributed by atoms with Gasteiger partial charge in [-0.3, -0.25) is 0 Å². The van der Waals surface area contributed by atoms with Gasteiger partial charge in [-0.25, -0.2) is 0 Å². The lowest BCUT2D eigenvalue weighted by Gasteiger charge is -2.37. The van der Waals surface area contributed by atoms with E-state index < -0.39 is 0 Å². The van der Waals surface area contributed by atoms with Crippen LogP contribution >= 0.6 is 11.8 Å². The maximum Gasteiger partial charge on any atom is 0.00500 e. The van der Waals surface area contributed by atoms with E-state index in [1.54, 1.807) is 0 Å². The first kappa shape index (κ1) is 12.8. The van der Waals surface area contributed by atoms with Crippen molar-refractivity contribution >= 4 is 11.8 Å². The molecule has 0 nitrogen and oxygen atoms in total. The summed E-state index contributed by atoms with van der Waals surface area (Å²) in [5.41, 5.74) is 0.545. The molecule has 0 saturated heterocycles. The molecule has 16 heavy (non-hydrogen) atoms. The molecule has 0 heterocycles. The normalized spacial score (nSPS) is 33.2. The van der Waals surface area contributed by atoms with Gasteiger partial charge in [0.1, 0.15) is 0 Å². The van der Waals surface area contributed by atoms with Gasteiger partial charge in [-0.05, 0) is 49.9 Å². The van der Waals surface area contributed by atoms with E-state index in [-0.39, 0.29) is 0 Å². The zero-order valence-corrected chi connectivity index (χ0v) is 12.1. The average Bonchev–Trinajstić information content (AvgIpc) is 2.70. The number of rotatable bonds is 2. The average molecular weight is 240 g/mol. The van der Waals surface area contributed by atoms with Gasteiger partial charge in [0.05, 0.1) is 0 Å². The Morgan fingerprint density at radius 1 is 0.750 bits per heavy atom. The molecule has 0 amide bonds. The van der Waals surface area contributed by atoms with E-state index in [0.717, 1.165) is 16.4 Å². The molecule has 2 aliphatic rings. The highest BCUT2D eigenvalue weighted by molar-refractivity contribution is 8.00. The Balaban J connectivity index is 1.72. The van der Waals surface area contributed by atoms with Crippen molar-refractivity contribution < 1.29 is 0 Å². The fourth-order valence-corrected chi connectivity index (χ4v) is 5.06. The number of thioether (sulfide) groups is 1. The van der Waals surface area contributed by atoms with Crippen LogP contribution in [0.25, 0.3) is 0 Å². The first-order valence-corrected chi connectivity index (χ1v) is 8.15. The summed E-state index contributed by atoms with van der Waals surface area (Å²) < 4.78 is 0. The summed E-state index contributed by atoms with van der Waals surface area (Å²) in [6.45, 7) is 7.26. The minimum atomic E-state index is 0.545. The van der Waals surface area contributed by atoms with E-state index in [1.807, 2.05) is 0 Å². The standard InChI is InChI=1S/C15H28S/c1-15(2,3)12-8-10-14(11-9-12)16-13-6-4-5-7-13/h12-14H,4-11H2,1-3H3. The van der Waals surface area contributed by atoms with Crippen molar-refractivity contribution in [2.24, 2.45) is 11.3 Å². The van der Waals surface area contributed by atoms with Crippen LogP contribution in [0.1, 0.15) is 72.1 Å². The summed E-state index contributed by atoms with van der Waals surface area (Å²) in [5, 5.41) is 2.03. The Labute approximate surface area is 106 Å². The van der Waals surface area contributed by atoms with E-state index in [1.165, 1.54) is 51.4 Å². The van der Waals surface area contributed by atoms with Gasteiger partial charge in [-0.1, -0.05) is 33.6 Å². The van der Waals surface area contributed by atoms with Crippen LogP contribution in [0.3, 0.4) is 0 Å². The van der Waals surface area contributed by atoms with Crippen molar-refractivity contribution in [2.75, 3.05) is 0 Å². The van der Waals surface area contributed by atoms with E-state index in [9.17, 15) is 0 Å². The molecule has 1 heteroatoms. The highest BCUT2D eigenvalue weighted by atomic mass is 32.2. The second-order valence-corrected chi connectivity index (χ2v) is 8.49. The number of hydrogen-bond acceptors (Lipinski definition) is 1. The topological polar surface area (TPSA) is 0 Å². The van der Waals surface area contributed by atoms with E-state index in [4.69, 9.17) is 0 Å². The lowest BCUT2D eigenvalue weighted by atomic mass is 9.72. The molecule has 0 unspecified atom stereocenters. The maximum absolute atomic E-state index is 2.42. The van der Waals surface area contributed by atoms with Crippen molar-refractivity contribution in [1.29, 1.82) is 0 Å². The largest absolute Gasteiger partial charge is 0.155 e. The van der Waals surface area contributed by atoms with Gasteiger partial charge in [0.2, 0.25) is 0 Å². The van der Waals surface area contributed by atoms with Gasteiger partial charge in [-0.15, -0.1) is 0 Å². The van der Waals surface area contributed by atoms with Crippen molar-refractivity contribution in [2.45, 2.75) is 82.6 Å². The Morgan fingerprint density at radius 2 is 1.25 bits per heavy atom. The molecule has 0 aromatic heterocycles. The highest BCUT2D eigenvalue weighted by Gasteiger charge is 2.31. The highest BCUT2D eigenvalue weighted by Crippen LogP contribution is 2.43. The third kappa shape index (κ3) is 3.42. The van der Waals surface area contributed by atoms with Gasteiger partial charge in [0.25, 0.3) is 0 Å². The summed E-state index contributed by atoms with van der Waals surface area (Å²) in [6.07, 6.45) is 11.9. The van der Waals surface area contributed by atoms with E-state index in [2.05, 4.69) is 32.5 Å². The molecule has 2 fully saturated rings.